The van der Waals surface area contributed by atoms with E-state index >= 15 is 0 Å². The lowest BCUT2D eigenvalue weighted by Crippen LogP contribution is -2.19. The lowest BCUT2D eigenvalue weighted by molar-refractivity contribution is -0.142. The standard InChI is InChI=1S/C8H14O4/c1-6(2)8(11)12-5-7(10)3-4-9/h7,9-10H,1,3-5H2,2H3. The SMILES string of the molecule is C=C(C)C(=O)OCC(O)CCO. The lowest BCUT2D eigenvalue weighted by atomic mass is 10.3. The topological polar surface area (TPSA) is 66.8 Å². The van der Waals surface area contributed by atoms with Crippen molar-refractivity contribution in [1.29, 1.82) is 0 Å². The fourth-order valence-corrected chi connectivity index (χ4v) is 0.527. The molecule has 1 unspecified atom stereocenters. The largest absolute Gasteiger partial charge is 0.460 e. The van der Waals surface area contributed by atoms with Gasteiger partial charge in [0.25, 0.3) is 0 Å². The minimum atomic E-state index is -0.793. The van der Waals surface area contributed by atoms with E-state index in [0.717, 1.165) is 0 Å². The second-order valence-corrected chi connectivity index (χ2v) is 2.54. The molecule has 0 rings (SSSR count). The molecule has 4 heteroatoms. The Labute approximate surface area is 71.5 Å². The van der Waals surface area contributed by atoms with Gasteiger partial charge < -0.3 is 14.9 Å². The van der Waals surface area contributed by atoms with Crippen molar-refractivity contribution in [3.63, 3.8) is 0 Å². The minimum absolute atomic E-state index is 0.0910. The van der Waals surface area contributed by atoms with Crippen LogP contribution in [0.4, 0.5) is 0 Å². The van der Waals surface area contributed by atoms with E-state index in [1.165, 1.54) is 6.92 Å². The predicted molar refractivity (Wildman–Crippen MR) is 43.5 cm³/mol. The lowest BCUT2D eigenvalue weighted by Gasteiger charge is -2.09. The summed E-state index contributed by atoms with van der Waals surface area (Å²) in [5.74, 6) is -0.521. The molecule has 0 aromatic carbocycles. The summed E-state index contributed by atoms with van der Waals surface area (Å²) in [5, 5.41) is 17.4. The number of hydrogen-bond acceptors (Lipinski definition) is 4. The quantitative estimate of drug-likeness (QED) is 0.449. The van der Waals surface area contributed by atoms with Crippen LogP contribution in [-0.4, -0.2) is 35.5 Å². The monoisotopic (exact) mass is 174 g/mol. The summed E-state index contributed by atoms with van der Waals surface area (Å²) >= 11 is 0. The fourth-order valence-electron chi connectivity index (χ4n) is 0.527. The molecular weight excluding hydrogens is 160 g/mol. The highest BCUT2D eigenvalue weighted by Gasteiger charge is 2.07. The highest BCUT2D eigenvalue weighted by Crippen LogP contribution is 1.96. The maximum atomic E-state index is 10.8. The number of hydrogen-bond donors (Lipinski definition) is 2. The Kier molecular flexibility index (Phi) is 5.32. The van der Waals surface area contributed by atoms with Crippen LogP contribution in [0.15, 0.2) is 12.2 Å². The van der Waals surface area contributed by atoms with Crippen molar-refractivity contribution in [2.24, 2.45) is 0 Å². The van der Waals surface area contributed by atoms with Gasteiger partial charge >= 0.3 is 5.97 Å². The third-order valence-corrected chi connectivity index (χ3v) is 1.22. The average Bonchev–Trinajstić information content (AvgIpc) is 2.00. The molecule has 1 atom stereocenters. The number of esters is 1. The van der Waals surface area contributed by atoms with Crippen molar-refractivity contribution in [1.82, 2.24) is 0 Å². The van der Waals surface area contributed by atoms with Gasteiger partial charge in [-0.15, -0.1) is 0 Å². The molecule has 2 N–H and O–H groups in total. The first kappa shape index (κ1) is 11.1. The summed E-state index contributed by atoms with van der Waals surface area (Å²) in [6, 6.07) is 0. The molecule has 0 aliphatic rings. The Bertz CT molecular complexity index is 164. The molecule has 0 aromatic heterocycles. The number of ether oxygens (including phenoxy) is 1. The predicted octanol–water partition coefficient (Wildman–Crippen LogP) is -0.151. The van der Waals surface area contributed by atoms with Gasteiger partial charge in [0.1, 0.15) is 6.61 Å². The van der Waals surface area contributed by atoms with Gasteiger partial charge in [0.2, 0.25) is 0 Å². The van der Waals surface area contributed by atoms with Crippen LogP contribution in [0.3, 0.4) is 0 Å². The summed E-state index contributed by atoms with van der Waals surface area (Å²) in [6.45, 7) is 4.69. The first-order valence-corrected chi connectivity index (χ1v) is 3.69. The van der Waals surface area contributed by atoms with Crippen LogP contribution in [0.25, 0.3) is 0 Å². The summed E-state index contributed by atoms with van der Waals surface area (Å²) in [4.78, 5) is 10.8. The average molecular weight is 174 g/mol. The van der Waals surface area contributed by atoms with Crippen LogP contribution >= 0.6 is 0 Å². The van der Waals surface area contributed by atoms with Gasteiger partial charge in [-0.05, 0) is 13.3 Å². The van der Waals surface area contributed by atoms with E-state index < -0.39 is 12.1 Å². The third kappa shape index (κ3) is 4.87. The Hall–Kier alpha value is -0.870. The summed E-state index contributed by atoms with van der Waals surface area (Å²) in [6.07, 6.45) is -0.581. The first-order chi connectivity index (χ1) is 5.57. The van der Waals surface area contributed by atoms with Crippen LogP contribution in [0.1, 0.15) is 13.3 Å². The molecule has 0 saturated carbocycles. The number of carbonyl (C=O) groups excluding carboxylic acids is 1. The van der Waals surface area contributed by atoms with Gasteiger partial charge in [-0.1, -0.05) is 6.58 Å². The Balaban J connectivity index is 3.54. The van der Waals surface area contributed by atoms with E-state index in [4.69, 9.17) is 10.2 Å². The summed E-state index contributed by atoms with van der Waals surface area (Å²) in [5.41, 5.74) is 0.297. The van der Waals surface area contributed by atoms with Crippen molar-refractivity contribution in [3.8, 4) is 0 Å². The van der Waals surface area contributed by atoms with Crippen molar-refractivity contribution in [2.45, 2.75) is 19.4 Å². The molecule has 0 aliphatic heterocycles. The van der Waals surface area contributed by atoms with Gasteiger partial charge in [-0.2, -0.15) is 0 Å². The van der Waals surface area contributed by atoms with Crippen molar-refractivity contribution in [2.75, 3.05) is 13.2 Å². The minimum Gasteiger partial charge on any atom is -0.460 e. The second-order valence-electron chi connectivity index (χ2n) is 2.54. The number of aliphatic hydroxyl groups is 2. The zero-order valence-corrected chi connectivity index (χ0v) is 7.12. The van der Waals surface area contributed by atoms with Gasteiger partial charge in [-0.3, -0.25) is 0 Å². The molecule has 0 aromatic rings. The van der Waals surface area contributed by atoms with Crippen LogP contribution in [0, 0.1) is 0 Å². The van der Waals surface area contributed by atoms with E-state index in [-0.39, 0.29) is 19.6 Å². The van der Waals surface area contributed by atoms with Gasteiger partial charge in [0.05, 0.1) is 6.10 Å². The van der Waals surface area contributed by atoms with Gasteiger partial charge in [-0.25, -0.2) is 4.79 Å². The van der Waals surface area contributed by atoms with Crippen LogP contribution in [-0.2, 0) is 9.53 Å². The number of carbonyl (C=O) groups is 1. The van der Waals surface area contributed by atoms with E-state index in [1.54, 1.807) is 0 Å². The fraction of sp³-hybridized carbons (Fsp3) is 0.625. The molecular formula is C8H14O4. The first-order valence-electron chi connectivity index (χ1n) is 3.69. The molecule has 0 bridgehead atoms. The smallest absolute Gasteiger partial charge is 0.333 e. The van der Waals surface area contributed by atoms with E-state index in [0.29, 0.717) is 5.57 Å². The molecule has 0 radical (unpaired) electrons. The van der Waals surface area contributed by atoms with Crippen LogP contribution in [0.2, 0.25) is 0 Å². The normalized spacial score (nSPS) is 12.2. The molecule has 0 saturated heterocycles. The van der Waals surface area contributed by atoms with Crippen molar-refractivity contribution < 1.29 is 19.7 Å². The van der Waals surface area contributed by atoms with E-state index in [2.05, 4.69) is 11.3 Å². The van der Waals surface area contributed by atoms with Crippen molar-refractivity contribution >= 4 is 5.97 Å². The molecule has 0 aliphatic carbocycles. The zero-order chi connectivity index (χ0) is 9.56. The zero-order valence-electron chi connectivity index (χ0n) is 7.12. The molecule has 0 heterocycles. The van der Waals surface area contributed by atoms with E-state index in [1.807, 2.05) is 0 Å². The third-order valence-electron chi connectivity index (χ3n) is 1.22. The molecule has 0 amide bonds. The molecule has 0 fully saturated rings. The Morgan fingerprint density at radius 3 is 2.67 bits per heavy atom. The maximum absolute atomic E-state index is 10.8. The van der Waals surface area contributed by atoms with Gasteiger partial charge in [0.15, 0.2) is 0 Å². The Morgan fingerprint density at radius 1 is 1.67 bits per heavy atom. The van der Waals surface area contributed by atoms with Crippen LogP contribution < -0.4 is 0 Å². The summed E-state index contributed by atoms with van der Waals surface area (Å²) < 4.78 is 4.62. The molecule has 0 spiro atoms. The Morgan fingerprint density at radius 2 is 2.25 bits per heavy atom. The second kappa shape index (κ2) is 5.74. The maximum Gasteiger partial charge on any atom is 0.333 e. The molecule has 70 valence electrons. The van der Waals surface area contributed by atoms with Crippen LogP contribution in [0.5, 0.6) is 0 Å². The van der Waals surface area contributed by atoms with E-state index in [9.17, 15) is 4.79 Å². The number of aliphatic hydroxyl groups excluding tert-OH is 2. The molecule has 12 heavy (non-hydrogen) atoms. The highest BCUT2D eigenvalue weighted by atomic mass is 16.5. The highest BCUT2D eigenvalue weighted by molar-refractivity contribution is 5.86. The van der Waals surface area contributed by atoms with Crippen molar-refractivity contribution in [3.05, 3.63) is 12.2 Å². The van der Waals surface area contributed by atoms with Gasteiger partial charge in [0, 0.05) is 12.2 Å². The summed E-state index contributed by atoms with van der Waals surface area (Å²) in [7, 11) is 0. The molecule has 4 nitrogen and oxygen atoms in total. The number of rotatable bonds is 5.